The minimum absolute atomic E-state index is 0.0350. The number of ether oxygens (including phenoxy) is 1. The van der Waals surface area contributed by atoms with Crippen LogP contribution in [-0.4, -0.2) is 22.6 Å². The van der Waals surface area contributed by atoms with Crippen molar-refractivity contribution in [1.29, 1.82) is 5.26 Å². The molecule has 0 aliphatic heterocycles. The summed E-state index contributed by atoms with van der Waals surface area (Å²) in [4.78, 5) is 15.9. The van der Waals surface area contributed by atoms with Crippen molar-refractivity contribution >= 4 is 23.4 Å². The molecule has 6 nitrogen and oxygen atoms in total. The van der Waals surface area contributed by atoms with E-state index in [4.69, 9.17) is 22.6 Å². The molecule has 0 saturated carbocycles. The van der Waals surface area contributed by atoms with Gasteiger partial charge < -0.3 is 10.5 Å². The minimum Gasteiger partial charge on any atom is -0.464 e. The van der Waals surface area contributed by atoms with E-state index < -0.39 is 5.97 Å². The summed E-state index contributed by atoms with van der Waals surface area (Å²) in [5.41, 5.74) is 6.98. The molecule has 0 radical (unpaired) electrons. The van der Waals surface area contributed by atoms with Gasteiger partial charge in [0.05, 0.1) is 29.5 Å². The first-order valence-electron chi connectivity index (χ1n) is 6.18. The van der Waals surface area contributed by atoms with Gasteiger partial charge in [0.15, 0.2) is 5.69 Å². The molecule has 0 bridgehead atoms. The van der Waals surface area contributed by atoms with Crippen LogP contribution in [0.3, 0.4) is 0 Å². The third-order valence-corrected chi connectivity index (χ3v) is 3.31. The number of aromatic nitrogens is 2. The Balaban J connectivity index is 2.72. The fourth-order valence-electron chi connectivity index (χ4n) is 1.99. The van der Waals surface area contributed by atoms with Crippen molar-refractivity contribution in [3.63, 3.8) is 0 Å². The number of esters is 1. The van der Waals surface area contributed by atoms with Gasteiger partial charge in [-0.25, -0.2) is 9.78 Å². The van der Waals surface area contributed by atoms with Crippen molar-refractivity contribution in [2.24, 2.45) is 0 Å². The molecule has 0 fully saturated rings. The molecule has 2 aromatic rings. The number of carbonyl (C=O) groups is 1. The number of aryl methyl sites for hydroxylation is 1. The SMILES string of the molecule is CCc1nc(C(=O)OC)c(N)n1-c1cc(C#N)ccc1Cl. The Morgan fingerprint density at radius 2 is 2.29 bits per heavy atom. The van der Waals surface area contributed by atoms with Gasteiger partial charge in [-0.2, -0.15) is 5.26 Å². The molecule has 0 saturated heterocycles. The molecule has 0 aliphatic carbocycles. The van der Waals surface area contributed by atoms with Crippen LogP contribution in [0.4, 0.5) is 5.82 Å². The van der Waals surface area contributed by atoms with Gasteiger partial charge in [0.2, 0.25) is 0 Å². The lowest BCUT2D eigenvalue weighted by atomic mass is 10.2. The second-order valence-electron chi connectivity index (χ2n) is 4.22. The second-order valence-corrected chi connectivity index (χ2v) is 4.63. The molecule has 0 unspecified atom stereocenters. The van der Waals surface area contributed by atoms with Gasteiger partial charge >= 0.3 is 5.97 Å². The quantitative estimate of drug-likeness (QED) is 0.878. The Bertz CT molecular complexity index is 746. The van der Waals surface area contributed by atoms with Gasteiger partial charge in [-0.1, -0.05) is 18.5 Å². The van der Waals surface area contributed by atoms with E-state index in [-0.39, 0.29) is 11.5 Å². The van der Waals surface area contributed by atoms with Crippen LogP contribution in [0, 0.1) is 11.3 Å². The average Bonchev–Trinajstić information content (AvgIpc) is 2.83. The summed E-state index contributed by atoms with van der Waals surface area (Å²) in [5.74, 6) is 0.0779. The summed E-state index contributed by atoms with van der Waals surface area (Å²) >= 11 is 6.18. The zero-order valence-electron chi connectivity index (χ0n) is 11.6. The van der Waals surface area contributed by atoms with E-state index in [0.29, 0.717) is 28.5 Å². The van der Waals surface area contributed by atoms with Gasteiger partial charge in [-0.05, 0) is 18.2 Å². The average molecular weight is 305 g/mol. The molecule has 1 aromatic heterocycles. The molecule has 0 spiro atoms. The van der Waals surface area contributed by atoms with E-state index in [1.165, 1.54) is 7.11 Å². The number of nitriles is 1. The van der Waals surface area contributed by atoms with Crippen LogP contribution in [0.5, 0.6) is 0 Å². The summed E-state index contributed by atoms with van der Waals surface area (Å²) in [6, 6.07) is 6.84. The van der Waals surface area contributed by atoms with Crippen LogP contribution in [-0.2, 0) is 11.2 Å². The van der Waals surface area contributed by atoms with Gasteiger partial charge in [0.25, 0.3) is 0 Å². The van der Waals surface area contributed by atoms with Crippen molar-refractivity contribution in [1.82, 2.24) is 9.55 Å². The van der Waals surface area contributed by atoms with Gasteiger partial charge in [-0.3, -0.25) is 4.57 Å². The normalized spacial score (nSPS) is 10.2. The highest BCUT2D eigenvalue weighted by Crippen LogP contribution is 2.28. The molecular formula is C14H13ClN4O2. The largest absolute Gasteiger partial charge is 0.464 e. The molecule has 0 amide bonds. The van der Waals surface area contributed by atoms with E-state index in [0.717, 1.165) is 0 Å². The molecule has 0 aliphatic rings. The van der Waals surface area contributed by atoms with Crippen LogP contribution in [0.2, 0.25) is 5.02 Å². The molecule has 2 N–H and O–H groups in total. The fourth-order valence-corrected chi connectivity index (χ4v) is 2.19. The molecule has 7 heteroatoms. The summed E-state index contributed by atoms with van der Waals surface area (Å²) in [5, 5.41) is 9.41. The maximum atomic E-state index is 11.7. The van der Waals surface area contributed by atoms with Crippen molar-refractivity contribution in [2.75, 3.05) is 12.8 Å². The van der Waals surface area contributed by atoms with Crippen LogP contribution < -0.4 is 5.73 Å². The Hall–Kier alpha value is -2.52. The van der Waals surface area contributed by atoms with E-state index in [1.807, 2.05) is 13.0 Å². The topological polar surface area (TPSA) is 93.9 Å². The summed E-state index contributed by atoms with van der Waals surface area (Å²) in [6.45, 7) is 1.88. The van der Waals surface area contributed by atoms with Crippen LogP contribution in [0.25, 0.3) is 5.69 Å². The number of nitrogens with two attached hydrogens (primary N) is 1. The molecule has 21 heavy (non-hydrogen) atoms. The number of rotatable bonds is 3. The monoisotopic (exact) mass is 304 g/mol. The van der Waals surface area contributed by atoms with E-state index in [1.54, 1.807) is 22.8 Å². The summed E-state index contributed by atoms with van der Waals surface area (Å²) in [7, 11) is 1.26. The Morgan fingerprint density at radius 3 is 2.86 bits per heavy atom. The summed E-state index contributed by atoms with van der Waals surface area (Å²) in [6.07, 6.45) is 0.536. The van der Waals surface area contributed by atoms with Gasteiger partial charge in [0, 0.05) is 6.42 Å². The zero-order chi connectivity index (χ0) is 15.6. The lowest BCUT2D eigenvalue weighted by molar-refractivity contribution is 0.0596. The van der Waals surface area contributed by atoms with Crippen molar-refractivity contribution < 1.29 is 9.53 Å². The number of imidazole rings is 1. The van der Waals surface area contributed by atoms with Crippen molar-refractivity contribution in [3.8, 4) is 11.8 Å². The number of carbonyl (C=O) groups excluding carboxylic acids is 1. The first-order valence-corrected chi connectivity index (χ1v) is 6.56. The highest BCUT2D eigenvalue weighted by atomic mass is 35.5. The molecule has 108 valence electrons. The number of hydrogen-bond acceptors (Lipinski definition) is 5. The number of halogens is 1. The van der Waals surface area contributed by atoms with E-state index >= 15 is 0 Å². The van der Waals surface area contributed by atoms with Crippen LogP contribution in [0.1, 0.15) is 28.8 Å². The maximum absolute atomic E-state index is 11.7. The Labute approximate surface area is 126 Å². The predicted molar refractivity (Wildman–Crippen MR) is 78.4 cm³/mol. The predicted octanol–water partition coefficient (Wildman–Crippen LogP) is 2.33. The van der Waals surface area contributed by atoms with Crippen molar-refractivity contribution in [3.05, 3.63) is 40.3 Å². The third kappa shape index (κ3) is 2.56. The van der Waals surface area contributed by atoms with Crippen LogP contribution >= 0.6 is 11.6 Å². The standard InChI is InChI=1S/C14H13ClN4O2/c1-3-11-18-12(14(20)21-2)13(17)19(11)10-6-8(7-16)4-5-9(10)15/h4-6H,3,17H2,1-2H3. The first kappa shape index (κ1) is 14.9. The number of nitrogens with zero attached hydrogens (tertiary/aromatic N) is 3. The number of hydrogen-bond donors (Lipinski definition) is 1. The molecule has 0 atom stereocenters. The molecule has 2 rings (SSSR count). The lowest BCUT2D eigenvalue weighted by Crippen LogP contribution is -2.08. The Morgan fingerprint density at radius 1 is 1.57 bits per heavy atom. The first-order chi connectivity index (χ1) is 10.0. The van der Waals surface area contributed by atoms with Gasteiger partial charge in [0.1, 0.15) is 11.6 Å². The maximum Gasteiger partial charge on any atom is 0.360 e. The summed E-state index contributed by atoms with van der Waals surface area (Å²) < 4.78 is 6.23. The van der Waals surface area contributed by atoms with E-state index in [2.05, 4.69) is 9.72 Å². The van der Waals surface area contributed by atoms with Gasteiger partial charge in [-0.15, -0.1) is 0 Å². The molecular weight excluding hydrogens is 292 g/mol. The van der Waals surface area contributed by atoms with Crippen molar-refractivity contribution in [2.45, 2.75) is 13.3 Å². The highest BCUT2D eigenvalue weighted by molar-refractivity contribution is 6.32. The van der Waals surface area contributed by atoms with Crippen LogP contribution in [0.15, 0.2) is 18.2 Å². The highest BCUT2D eigenvalue weighted by Gasteiger charge is 2.22. The molecule has 1 heterocycles. The number of benzene rings is 1. The minimum atomic E-state index is -0.617. The zero-order valence-corrected chi connectivity index (χ0v) is 12.3. The lowest BCUT2D eigenvalue weighted by Gasteiger charge is -2.11. The Kier molecular flexibility index (Phi) is 4.15. The number of anilines is 1. The van der Waals surface area contributed by atoms with E-state index in [9.17, 15) is 4.79 Å². The second kappa shape index (κ2) is 5.85. The molecule has 1 aromatic carbocycles. The smallest absolute Gasteiger partial charge is 0.360 e. The number of nitrogen functional groups attached to an aromatic ring is 1. The fraction of sp³-hybridized carbons (Fsp3) is 0.214. The number of methoxy groups -OCH3 is 1. The third-order valence-electron chi connectivity index (χ3n) is 2.99.